The van der Waals surface area contributed by atoms with E-state index in [0.717, 1.165) is 17.8 Å². The summed E-state index contributed by atoms with van der Waals surface area (Å²) in [4.78, 5) is 16.3. The second kappa shape index (κ2) is 5.83. The third-order valence-electron chi connectivity index (χ3n) is 1.74. The molecule has 72 valence electrons. The van der Waals surface area contributed by atoms with E-state index >= 15 is 0 Å². The Hall–Kier alpha value is -0.740. The Morgan fingerprint density at radius 2 is 2.54 bits per heavy atom. The number of nitrogens with zero attached hydrogens (tertiary/aromatic N) is 1. The molecule has 0 aliphatic heterocycles. The van der Waals surface area contributed by atoms with Crippen LogP contribution in [0.2, 0.25) is 0 Å². The Morgan fingerprint density at radius 1 is 1.69 bits per heavy atom. The van der Waals surface area contributed by atoms with E-state index in [1.54, 1.807) is 23.0 Å². The number of ketones is 1. The molecule has 0 saturated heterocycles. The minimum Gasteiger partial charge on any atom is -0.320 e. The predicted molar refractivity (Wildman–Crippen MR) is 54.0 cm³/mol. The molecule has 1 rings (SSSR count). The third kappa shape index (κ3) is 4.15. The molecule has 1 N–H and O–H groups in total. The number of thiazole rings is 1. The molecule has 0 aliphatic carbocycles. The van der Waals surface area contributed by atoms with Gasteiger partial charge >= 0.3 is 0 Å². The predicted octanol–water partition coefficient (Wildman–Crippen LogP) is 1.25. The van der Waals surface area contributed by atoms with Crippen molar-refractivity contribution in [3.63, 3.8) is 0 Å². The third-order valence-corrected chi connectivity index (χ3v) is 2.52. The fourth-order valence-corrected chi connectivity index (χ4v) is 1.70. The van der Waals surface area contributed by atoms with Crippen molar-refractivity contribution in [2.45, 2.75) is 19.3 Å². The van der Waals surface area contributed by atoms with Crippen LogP contribution in [-0.2, 0) is 11.2 Å². The summed E-state index contributed by atoms with van der Waals surface area (Å²) in [6.45, 7) is 0.911. The minimum atomic E-state index is 0.305. The van der Waals surface area contributed by atoms with Gasteiger partial charge in [0.15, 0.2) is 0 Å². The second-order valence-electron chi connectivity index (χ2n) is 2.89. The lowest BCUT2D eigenvalue weighted by Crippen LogP contribution is -2.10. The van der Waals surface area contributed by atoms with Crippen molar-refractivity contribution in [2.24, 2.45) is 0 Å². The molecular formula is C9H14N2OS. The molecule has 0 aromatic carbocycles. The molecule has 0 aliphatic rings. The number of aromatic nitrogens is 1. The van der Waals surface area contributed by atoms with Crippen LogP contribution in [0.4, 0.5) is 0 Å². The highest BCUT2D eigenvalue weighted by Crippen LogP contribution is 2.08. The number of Topliss-reactive ketones (excluding diaryl/α,β-unsaturated/α-hetero) is 1. The fraction of sp³-hybridized carbons (Fsp3) is 0.556. The van der Waals surface area contributed by atoms with E-state index in [1.165, 1.54) is 0 Å². The lowest BCUT2D eigenvalue weighted by molar-refractivity contribution is -0.118. The normalized spacial score (nSPS) is 10.2. The first-order chi connectivity index (χ1) is 6.33. The van der Waals surface area contributed by atoms with Crippen molar-refractivity contribution in [2.75, 3.05) is 13.6 Å². The maximum absolute atomic E-state index is 11.3. The van der Waals surface area contributed by atoms with Gasteiger partial charge in [0.2, 0.25) is 0 Å². The van der Waals surface area contributed by atoms with Gasteiger partial charge in [-0.05, 0) is 20.0 Å². The molecule has 1 heterocycles. The summed E-state index contributed by atoms with van der Waals surface area (Å²) in [7, 11) is 1.90. The summed E-state index contributed by atoms with van der Waals surface area (Å²) in [6.07, 6.45) is 3.90. The summed E-state index contributed by atoms with van der Waals surface area (Å²) < 4.78 is 0. The zero-order valence-corrected chi connectivity index (χ0v) is 8.56. The molecule has 0 bridgehead atoms. The van der Waals surface area contributed by atoms with Gasteiger partial charge in [-0.25, -0.2) is 0 Å². The summed E-state index contributed by atoms with van der Waals surface area (Å²) in [6, 6.07) is 0. The fourth-order valence-electron chi connectivity index (χ4n) is 1.07. The van der Waals surface area contributed by atoms with Crippen LogP contribution in [0.3, 0.4) is 0 Å². The van der Waals surface area contributed by atoms with Crippen LogP contribution in [0.1, 0.15) is 17.7 Å². The Balaban J connectivity index is 2.18. The van der Waals surface area contributed by atoms with Gasteiger partial charge in [0, 0.05) is 23.9 Å². The number of carbonyl (C=O) groups is 1. The van der Waals surface area contributed by atoms with Crippen molar-refractivity contribution < 1.29 is 4.79 Å². The molecule has 0 saturated carbocycles. The molecule has 4 heteroatoms. The largest absolute Gasteiger partial charge is 0.320 e. The molecular weight excluding hydrogens is 184 g/mol. The lowest BCUT2D eigenvalue weighted by Gasteiger charge is -1.98. The van der Waals surface area contributed by atoms with Gasteiger partial charge < -0.3 is 5.32 Å². The van der Waals surface area contributed by atoms with Gasteiger partial charge in [-0.15, -0.1) is 11.3 Å². The zero-order valence-electron chi connectivity index (χ0n) is 7.75. The van der Waals surface area contributed by atoms with Crippen molar-refractivity contribution >= 4 is 17.1 Å². The minimum absolute atomic E-state index is 0.305. The highest BCUT2D eigenvalue weighted by atomic mass is 32.1. The summed E-state index contributed by atoms with van der Waals surface area (Å²) in [5.74, 6) is 0.305. The second-order valence-corrected chi connectivity index (χ2v) is 3.86. The van der Waals surface area contributed by atoms with E-state index in [-0.39, 0.29) is 0 Å². The van der Waals surface area contributed by atoms with Gasteiger partial charge in [-0.2, -0.15) is 0 Å². The molecule has 13 heavy (non-hydrogen) atoms. The van der Waals surface area contributed by atoms with E-state index in [0.29, 0.717) is 18.6 Å². The molecule has 0 radical (unpaired) electrons. The number of hydrogen-bond donors (Lipinski definition) is 1. The average molecular weight is 198 g/mol. The highest BCUT2D eigenvalue weighted by Gasteiger charge is 2.03. The Bertz CT molecular complexity index is 246. The number of carbonyl (C=O) groups excluding carboxylic acids is 1. The summed E-state index contributed by atoms with van der Waals surface area (Å²) >= 11 is 1.54. The summed E-state index contributed by atoms with van der Waals surface area (Å²) in [5.41, 5.74) is 1.76. The van der Waals surface area contributed by atoms with Gasteiger partial charge in [-0.1, -0.05) is 0 Å². The molecule has 0 spiro atoms. The van der Waals surface area contributed by atoms with Crippen LogP contribution in [0.25, 0.3) is 0 Å². The standard InChI is InChI=1S/C9H14N2OS/c1-10-4-2-3-8(12)5-9-6-11-7-13-9/h6-7,10H,2-5H2,1H3. The van der Waals surface area contributed by atoms with Gasteiger partial charge in [0.25, 0.3) is 0 Å². The topological polar surface area (TPSA) is 42.0 Å². The number of rotatable bonds is 6. The van der Waals surface area contributed by atoms with Gasteiger partial charge in [-0.3, -0.25) is 9.78 Å². The highest BCUT2D eigenvalue weighted by molar-refractivity contribution is 7.09. The lowest BCUT2D eigenvalue weighted by atomic mass is 10.1. The van der Waals surface area contributed by atoms with E-state index in [9.17, 15) is 4.79 Å². The van der Waals surface area contributed by atoms with Crippen molar-refractivity contribution in [1.29, 1.82) is 0 Å². The van der Waals surface area contributed by atoms with Crippen molar-refractivity contribution in [3.8, 4) is 0 Å². The average Bonchev–Trinajstić information content (AvgIpc) is 2.57. The van der Waals surface area contributed by atoms with E-state index < -0.39 is 0 Å². The molecule has 3 nitrogen and oxygen atoms in total. The smallest absolute Gasteiger partial charge is 0.138 e. The van der Waals surface area contributed by atoms with Crippen LogP contribution < -0.4 is 5.32 Å². The Labute approximate surface area is 82.2 Å². The van der Waals surface area contributed by atoms with Crippen molar-refractivity contribution in [1.82, 2.24) is 10.3 Å². The van der Waals surface area contributed by atoms with Crippen LogP contribution >= 0.6 is 11.3 Å². The van der Waals surface area contributed by atoms with Gasteiger partial charge in [0.1, 0.15) is 5.78 Å². The van der Waals surface area contributed by atoms with Gasteiger partial charge in [0.05, 0.1) is 5.51 Å². The van der Waals surface area contributed by atoms with E-state index in [1.807, 2.05) is 7.05 Å². The Morgan fingerprint density at radius 3 is 3.15 bits per heavy atom. The van der Waals surface area contributed by atoms with Crippen LogP contribution in [-0.4, -0.2) is 24.4 Å². The summed E-state index contributed by atoms with van der Waals surface area (Å²) in [5, 5.41) is 3.02. The first-order valence-electron chi connectivity index (χ1n) is 4.36. The monoisotopic (exact) mass is 198 g/mol. The maximum Gasteiger partial charge on any atom is 0.138 e. The first kappa shape index (κ1) is 10.3. The quantitative estimate of drug-likeness (QED) is 0.700. The first-order valence-corrected chi connectivity index (χ1v) is 5.24. The number of hydrogen-bond acceptors (Lipinski definition) is 4. The molecule has 1 aromatic rings. The molecule has 0 atom stereocenters. The van der Waals surface area contributed by atoms with E-state index in [4.69, 9.17) is 0 Å². The van der Waals surface area contributed by atoms with E-state index in [2.05, 4.69) is 10.3 Å². The SMILES string of the molecule is CNCCCC(=O)Cc1cncs1. The molecule has 0 fully saturated rings. The Kier molecular flexibility index (Phi) is 4.64. The van der Waals surface area contributed by atoms with Crippen LogP contribution in [0.15, 0.2) is 11.7 Å². The van der Waals surface area contributed by atoms with Crippen LogP contribution in [0, 0.1) is 0 Å². The molecule has 0 amide bonds. The molecule has 1 aromatic heterocycles. The van der Waals surface area contributed by atoms with Crippen LogP contribution in [0.5, 0.6) is 0 Å². The number of nitrogens with one attached hydrogen (secondary N) is 1. The maximum atomic E-state index is 11.3. The zero-order chi connectivity index (χ0) is 9.52. The molecule has 0 unspecified atom stereocenters. The van der Waals surface area contributed by atoms with Crippen molar-refractivity contribution in [3.05, 3.63) is 16.6 Å².